The summed E-state index contributed by atoms with van der Waals surface area (Å²) in [5, 5.41) is 0. The van der Waals surface area contributed by atoms with Gasteiger partial charge in [0.15, 0.2) is 0 Å². The summed E-state index contributed by atoms with van der Waals surface area (Å²) in [6.45, 7) is 0. The molecule has 0 spiro atoms. The smallest absolute Gasteiger partial charge is 0.223 e. The Labute approximate surface area is 146 Å². The van der Waals surface area contributed by atoms with Gasteiger partial charge < -0.3 is 4.90 Å². The van der Waals surface area contributed by atoms with Gasteiger partial charge in [0.2, 0.25) is 5.91 Å². The first-order valence-corrected chi connectivity index (χ1v) is 8.33. The van der Waals surface area contributed by atoms with Gasteiger partial charge in [0.05, 0.1) is 6.04 Å². The van der Waals surface area contributed by atoms with Crippen LogP contribution in [0.25, 0.3) is 0 Å². The van der Waals surface area contributed by atoms with Crippen molar-refractivity contribution in [3.8, 4) is 0 Å². The molecule has 3 nitrogen and oxygen atoms in total. The fourth-order valence-corrected chi connectivity index (χ4v) is 3.25. The SMILES string of the molecule is CN(C(=O)CC1C=CCC1)C(c1cccnc1)c1ccc(F)cc1F. The van der Waals surface area contributed by atoms with E-state index in [0.29, 0.717) is 12.0 Å². The first-order chi connectivity index (χ1) is 12.1. The fourth-order valence-electron chi connectivity index (χ4n) is 3.25. The normalized spacial score (nSPS) is 17.5. The van der Waals surface area contributed by atoms with E-state index in [4.69, 9.17) is 0 Å². The lowest BCUT2D eigenvalue weighted by Crippen LogP contribution is -2.33. The average molecular weight is 342 g/mol. The minimum absolute atomic E-state index is 0.0749. The number of hydrogen-bond donors (Lipinski definition) is 0. The summed E-state index contributed by atoms with van der Waals surface area (Å²) in [5.74, 6) is -1.16. The van der Waals surface area contributed by atoms with E-state index in [2.05, 4.69) is 17.1 Å². The zero-order chi connectivity index (χ0) is 17.8. The number of pyridine rings is 1. The van der Waals surface area contributed by atoms with E-state index in [1.807, 2.05) is 0 Å². The van der Waals surface area contributed by atoms with Gasteiger partial charge in [0.25, 0.3) is 0 Å². The van der Waals surface area contributed by atoms with Crippen molar-refractivity contribution >= 4 is 5.91 Å². The lowest BCUT2D eigenvalue weighted by Gasteiger charge is -2.30. The monoisotopic (exact) mass is 342 g/mol. The fraction of sp³-hybridized carbons (Fsp3) is 0.300. The summed E-state index contributed by atoms with van der Waals surface area (Å²) < 4.78 is 27.7. The number of aromatic nitrogens is 1. The summed E-state index contributed by atoms with van der Waals surface area (Å²) in [4.78, 5) is 18.3. The summed E-state index contributed by atoms with van der Waals surface area (Å²) in [7, 11) is 1.65. The highest BCUT2D eigenvalue weighted by molar-refractivity contribution is 5.77. The van der Waals surface area contributed by atoms with E-state index in [9.17, 15) is 13.6 Å². The van der Waals surface area contributed by atoms with Gasteiger partial charge in [-0.1, -0.05) is 24.3 Å². The Kier molecular flexibility index (Phi) is 5.22. The molecule has 0 radical (unpaired) electrons. The van der Waals surface area contributed by atoms with Crippen LogP contribution in [0, 0.1) is 17.6 Å². The molecule has 1 amide bonds. The van der Waals surface area contributed by atoms with E-state index in [1.165, 1.54) is 17.0 Å². The molecular formula is C20H20F2N2O. The standard InChI is InChI=1S/C20H20F2N2O/c1-24(19(25)11-14-5-2-3-6-14)20(15-7-4-10-23-13-15)17-9-8-16(21)12-18(17)22/h2,4-5,7-10,12-14,20H,3,6,11H2,1H3. The van der Waals surface area contributed by atoms with Crippen molar-refractivity contribution in [2.75, 3.05) is 7.05 Å². The minimum atomic E-state index is -0.672. The zero-order valence-electron chi connectivity index (χ0n) is 14.0. The van der Waals surface area contributed by atoms with Crippen LogP contribution in [-0.2, 0) is 4.79 Å². The van der Waals surface area contributed by atoms with Gasteiger partial charge in [-0.2, -0.15) is 0 Å². The summed E-state index contributed by atoms with van der Waals surface area (Å²) in [5.41, 5.74) is 0.943. The van der Waals surface area contributed by atoms with Crippen LogP contribution in [-0.4, -0.2) is 22.8 Å². The number of allylic oxidation sites excluding steroid dienone is 2. The summed E-state index contributed by atoms with van der Waals surface area (Å²) in [6, 6.07) is 6.33. The van der Waals surface area contributed by atoms with Crippen molar-refractivity contribution in [1.82, 2.24) is 9.88 Å². The number of hydrogen-bond acceptors (Lipinski definition) is 2. The van der Waals surface area contributed by atoms with Crippen molar-refractivity contribution in [3.63, 3.8) is 0 Å². The van der Waals surface area contributed by atoms with Crippen LogP contribution in [0.15, 0.2) is 54.9 Å². The lowest BCUT2D eigenvalue weighted by atomic mass is 9.96. The molecule has 0 bridgehead atoms. The van der Waals surface area contributed by atoms with E-state index >= 15 is 0 Å². The predicted molar refractivity (Wildman–Crippen MR) is 91.7 cm³/mol. The molecular weight excluding hydrogens is 322 g/mol. The maximum atomic E-state index is 14.4. The van der Waals surface area contributed by atoms with Crippen molar-refractivity contribution in [1.29, 1.82) is 0 Å². The highest BCUT2D eigenvalue weighted by atomic mass is 19.1. The van der Waals surface area contributed by atoms with Crippen molar-refractivity contribution in [2.45, 2.75) is 25.3 Å². The molecule has 0 fully saturated rings. The highest BCUT2D eigenvalue weighted by Gasteiger charge is 2.28. The molecule has 25 heavy (non-hydrogen) atoms. The number of amides is 1. The van der Waals surface area contributed by atoms with Gasteiger partial charge in [-0.05, 0) is 36.5 Å². The molecule has 1 aromatic heterocycles. The molecule has 1 aliphatic carbocycles. The van der Waals surface area contributed by atoms with Crippen LogP contribution in [0.5, 0.6) is 0 Å². The number of halogens is 2. The van der Waals surface area contributed by atoms with E-state index in [1.54, 1.807) is 31.6 Å². The topological polar surface area (TPSA) is 33.2 Å². The quantitative estimate of drug-likeness (QED) is 0.761. The van der Waals surface area contributed by atoms with E-state index in [-0.39, 0.29) is 17.4 Å². The second-order valence-corrected chi connectivity index (χ2v) is 6.33. The van der Waals surface area contributed by atoms with Crippen LogP contribution < -0.4 is 0 Å². The number of rotatable bonds is 5. The van der Waals surface area contributed by atoms with Crippen molar-refractivity contribution < 1.29 is 13.6 Å². The largest absolute Gasteiger partial charge is 0.334 e. The number of carbonyl (C=O) groups is 1. The molecule has 1 heterocycles. The molecule has 1 aliphatic rings. The number of carbonyl (C=O) groups excluding carboxylic acids is 1. The van der Waals surface area contributed by atoms with Crippen LogP contribution in [0.4, 0.5) is 8.78 Å². The summed E-state index contributed by atoms with van der Waals surface area (Å²) >= 11 is 0. The zero-order valence-corrected chi connectivity index (χ0v) is 14.0. The van der Waals surface area contributed by atoms with E-state index in [0.717, 1.165) is 18.9 Å². The van der Waals surface area contributed by atoms with Crippen LogP contribution in [0.3, 0.4) is 0 Å². The van der Waals surface area contributed by atoms with Crippen LogP contribution in [0.2, 0.25) is 0 Å². The third-order valence-electron chi connectivity index (χ3n) is 4.59. The molecule has 2 unspecified atom stereocenters. The highest BCUT2D eigenvalue weighted by Crippen LogP contribution is 2.31. The Morgan fingerprint density at radius 3 is 2.84 bits per heavy atom. The maximum absolute atomic E-state index is 14.4. The molecule has 2 atom stereocenters. The van der Waals surface area contributed by atoms with E-state index < -0.39 is 17.7 Å². The molecule has 3 rings (SSSR count). The van der Waals surface area contributed by atoms with Gasteiger partial charge in [-0.3, -0.25) is 9.78 Å². The first kappa shape index (κ1) is 17.3. The van der Waals surface area contributed by atoms with Gasteiger partial charge in [0, 0.05) is 37.5 Å². The third kappa shape index (κ3) is 3.92. The molecule has 0 saturated heterocycles. The van der Waals surface area contributed by atoms with Gasteiger partial charge >= 0.3 is 0 Å². The Balaban J connectivity index is 1.93. The molecule has 5 heteroatoms. The van der Waals surface area contributed by atoms with Gasteiger partial charge in [-0.25, -0.2) is 8.78 Å². The van der Waals surface area contributed by atoms with Crippen LogP contribution in [0.1, 0.15) is 36.4 Å². The Morgan fingerprint density at radius 1 is 1.36 bits per heavy atom. The van der Waals surface area contributed by atoms with Crippen molar-refractivity contribution in [3.05, 3.63) is 77.6 Å². The number of nitrogens with zero attached hydrogens (tertiary/aromatic N) is 2. The molecule has 1 aromatic carbocycles. The third-order valence-corrected chi connectivity index (χ3v) is 4.59. The molecule has 2 aromatic rings. The Hall–Kier alpha value is -2.56. The average Bonchev–Trinajstić information content (AvgIpc) is 3.11. The minimum Gasteiger partial charge on any atom is -0.334 e. The van der Waals surface area contributed by atoms with Crippen LogP contribution >= 0.6 is 0 Å². The second-order valence-electron chi connectivity index (χ2n) is 6.33. The maximum Gasteiger partial charge on any atom is 0.223 e. The molecule has 0 N–H and O–H groups in total. The van der Waals surface area contributed by atoms with Gasteiger partial charge in [0.1, 0.15) is 11.6 Å². The van der Waals surface area contributed by atoms with Crippen molar-refractivity contribution in [2.24, 2.45) is 5.92 Å². The predicted octanol–water partition coefficient (Wildman–Crippen LogP) is 4.26. The second kappa shape index (κ2) is 7.55. The van der Waals surface area contributed by atoms with Gasteiger partial charge in [-0.15, -0.1) is 0 Å². The Morgan fingerprint density at radius 2 is 2.20 bits per heavy atom. The summed E-state index contributed by atoms with van der Waals surface area (Å²) in [6.07, 6.45) is 9.69. The lowest BCUT2D eigenvalue weighted by molar-refractivity contribution is -0.132. The molecule has 130 valence electrons. The molecule has 0 saturated carbocycles. The number of benzene rings is 1. The molecule has 0 aliphatic heterocycles. The Bertz CT molecular complexity index is 777. The first-order valence-electron chi connectivity index (χ1n) is 8.33.